The van der Waals surface area contributed by atoms with Crippen molar-refractivity contribution < 1.29 is 5.32 Å². The highest BCUT2D eigenvalue weighted by atomic mass is 35.5. The van der Waals surface area contributed by atoms with Crippen molar-refractivity contribution in [2.24, 2.45) is 0 Å². The van der Waals surface area contributed by atoms with Crippen molar-refractivity contribution >= 4 is 22.8 Å². The summed E-state index contributed by atoms with van der Waals surface area (Å²) >= 11 is 6.14. The fourth-order valence-electron chi connectivity index (χ4n) is 4.41. The SMILES string of the molecule is Clc1ccc(C2(c3ccc(-c4ncnc5nc[nH]c45)cc3)CC[NH2+]CC2)cc1. The van der Waals surface area contributed by atoms with E-state index >= 15 is 0 Å². The number of H-pyrrole nitrogens is 1. The number of halogens is 1. The third-order valence-electron chi connectivity index (χ3n) is 5.88. The Morgan fingerprint density at radius 3 is 2.25 bits per heavy atom. The predicted octanol–water partition coefficient (Wildman–Crippen LogP) is 3.32. The molecule has 0 spiro atoms. The molecular weight excluding hydrogens is 370 g/mol. The van der Waals surface area contributed by atoms with Crippen LogP contribution in [0.25, 0.3) is 22.4 Å². The number of imidazole rings is 1. The van der Waals surface area contributed by atoms with E-state index in [1.54, 1.807) is 12.7 Å². The number of benzene rings is 2. The summed E-state index contributed by atoms with van der Waals surface area (Å²) in [4.78, 5) is 16.1. The second-order valence-electron chi connectivity index (χ2n) is 7.36. The highest BCUT2D eigenvalue weighted by molar-refractivity contribution is 6.30. The number of aromatic nitrogens is 4. The molecule has 0 bridgehead atoms. The maximum Gasteiger partial charge on any atom is 0.181 e. The molecule has 1 aliphatic rings. The normalized spacial score (nSPS) is 16.3. The molecule has 2 aromatic carbocycles. The number of piperidine rings is 1. The van der Waals surface area contributed by atoms with Gasteiger partial charge in [-0.05, 0) is 23.3 Å². The molecule has 1 aliphatic heterocycles. The van der Waals surface area contributed by atoms with Crippen molar-refractivity contribution in [3.63, 3.8) is 0 Å². The van der Waals surface area contributed by atoms with Gasteiger partial charge in [0.25, 0.3) is 0 Å². The zero-order chi connectivity index (χ0) is 19.0. The highest BCUT2D eigenvalue weighted by Crippen LogP contribution is 2.40. The molecule has 0 unspecified atom stereocenters. The van der Waals surface area contributed by atoms with E-state index in [0.717, 1.165) is 47.7 Å². The molecule has 2 aromatic heterocycles. The number of fused-ring (bicyclic) bond motifs is 1. The summed E-state index contributed by atoms with van der Waals surface area (Å²) in [5.74, 6) is 0. The number of hydrogen-bond acceptors (Lipinski definition) is 3. The topological polar surface area (TPSA) is 71.1 Å². The van der Waals surface area contributed by atoms with E-state index in [1.165, 1.54) is 11.1 Å². The standard InChI is InChI=1S/C22H20ClN5/c23-18-7-5-17(6-8-18)22(9-11-24-12-10-22)16-3-1-15(2-4-16)19-20-21(27-13-25-19)28-14-26-20/h1-8,13-14,24H,9-12H2,(H,25,26,27,28)/p+1. The minimum Gasteiger partial charge on any atom is -0.346 e. The molecular formula is C22H21ClN5+. The van der Waals surface area contributed by atoms with E-state index in [0.29, 0.717) is 5.65 Å². The van der Waals surface area contributed by atoms with Crippen LogP contribution in [0, 0.1) is 0 Å². The molecule has 3 N–H and O–H groups in total. The summed E-state index contributed by atoms with van der Waals surface area (Å²) in [6, 6.07) is 17.2. The van der Waals surface area contributed by atoms with Gasteiger partial charge in [-0.15, -0.1) is 0 Å². The highest BCUT2D eigenvalue weighted by Gasteiger charge is 2.37. The van der Waals surface area contributed by atoms with E-state index in [1.807, 2.05) is 12.1 Å². The fraction of sp³-hybridized carbons (Fsp3) is 0.227. The number of nitrogens with zero attached hydrogens (tertiary/aromatic N) is 3. The van der Waals surface area contributed by atoms with Crippen molar-refractivity contribution in [2.45, 2.75) is 18.3 Å². The molecule has 4 aromatic rings. The first-order chi connectivity index (χ1) is 13.8. The van der Waals surface area contributed by atoms with Gasteiger partial charge in [0.15, 0.2) is 5.65 Å². The number of hydrogen-bond donors (Lipinski definition) is 2. The second-order valence-corrected chi connectivity index (χ2v) is 7.79. The summed E-state index contributed by atoms with van der Waals surface area (Å²) < 4.78 is 0. The van der Waals surface area contributed by atoms with Crippen LogP contribution >= 0.6 is 11.6 Å². The number of nitrogens with one attached hydrogen (secondary N) is 1. The van der Waals surface area contributed by atoms with Gasteiger partial charge in [-0.25, -0.2) is 15.0 Å². The zero-order valence-corrected chi connectivity index (χ0v) is 16.2. The van der Waals surface area contributed by atoms with Crippen molar-refractivity contribution in [2.75, 3.05) is 13.1 Å². The largest absolute Gasteiger partial charge is 0.346 e. The van der Waals surface area contributed by atoms with Crippen LogP contribution in [-0.2, 0) is 5.41 Å². The molecule has 0 saturated carbocycles. The quantitative estimate of drug-likeness (QED) is 0.563. The summed E-state index contributed by atoms with van der Waals surface area (Å²) in [5, 5.41) is 3.18. The Morgan fingerprint density at radius 2 is 1.54 bits per heavy atom. The summed E-state index contributed by atoms with van der Waals surface area (Å²) in [7, 11) is 0. The van der Waals surface area contributed by atoms with E-state index in [4.69, 9.17) is 11.6 Å². The molecule has 3 heterocycles. The lowest BCUT2D eigenvalue weighted by Gasteiger charge is -2.37. The Kier molecular flexibility index (Phi) is 4.34. The van der Waals surface area contributed by atoms with Crippen LogP contribution in [0.15, 0.2) is 61.2 Å². The molecule has 1 fully saturated rings. The Hall–Kier alpha value is -2.76. The number of nitrogens with two attached hydrogens (primary N) is 1. The van der Waals surface area contributed by atoms with Crippen LogP contribution in [0.3, 0.4) is 0 Å². The van der Waals surface area contributed by atoms with Crippen LogP contribution in [0.1, 0.15) is 24.0 Å². The molecule has 5 nitrogen and oxygen atoms in total. The minimum absolute atomic E-state index is 0.0346. The lowest BCUT2D eigenvalue weighted by molar-refractivity contribution is -0.665. The fourth-order valence-corrected chi connectivity index (χ4v) is 4.54. The smallest absolute Gasteiger partial charge is 0.181 e. The zero-order valence-electron chi connectivity index (χ0n) is 15.4. The summed E-state index contributed by atoms with van der Waals surface area (Å²) in [5.41, 5.74) is 6.23. The van der Waals surface area contributed by atoms with Gasteiger partial charge in [0.1, 0.15) is 11.8 Å². The van der Waals surface area contributed by atoms with Crippen LogP contribution < -0.4 is 5.32 Å². The first-order valence-corrected chi connectivity index (χ1v) is 9.97. The van der Waals surface area contributed by atoms with Gasteiger partial charge >= 0.3 is 0 Å². The molecule has 1 saturated heterocycles. The summed E-state index contributed by atoms with van der Waals surface area (Å²) in [6.07, 6.45) is 5.46. The molecule has 0 aliphatic carbocycles. The molecule has 0 radical (unpaired) electrons. The second kappa shape index (κ2) is 7.00. The molecule has 140 valence electrons. The first-order valence-electron chi connectivity index (χ1n) is 9.59. The van der Waals surface area contributed by atoms with Crippen LogP contribution in [0.5, 0.6) is 0 Å². The number of rotatable bonds is 3. The average Bonchev–Trinajstić information content (AvgIpc) is 3.24. The monoisotopic (exact) mass is 390 g/mol. The van der Waals surface area contributed by atoms with E-state index in [9.17, 15) is 0 Å². The summed E-state index contributed by atoms with van der Waals surface area (Å²) in [6.45, 7) is 2.26. The number of quaternary nitrogens is 1. The third kappa shape index (κ3) is 2.87. The van der Waals surface area contributed by atoms with Gasteiger partial charge in [-0.1, -0.05) is 48.0 Å². The van der Waals surface area contributed by atoms with Gasteiger partial charge in [-0.2, -0.15) is 0 Å². The average molecular weight is 391 g/mol. The lowest BCUT2D eigenvalue weighted by Crippen LogP contribution is -2.87. The van der Waals surface area contributed by atoms with Crippen molar-refractivity contribution in [3.05, 3.63) is 77.3 Å². The Balaban J connectivity index is 1.57. The van der Waals surface area contributed by atoms with Crippen LogP contribution in [0.4, 0.5) is 0 Å². The van der Waals surface area contributed by atoms with Crippen molar-refractivity contribution in [3.8, 4) is 11.3 Å². The lowest BCUT2D eigenvalue weighted by atomic mass is 9.68. The van der Waals surface area contributed by atoms with E-state index in [-0.39, 0.29) is 5.41 Å². The van der Waals surface area contributed by atoms with Crippen LogP contribution in [0.2, 0.25) is 5.02 Å². The number of aromatic amines is 1. The van der Waals surface area contributed by atoms with Gasteiger partial charge in [0.2, 0.25) is 0 Å². The van der Waals surface area contributed by atoms with Crippen LogP contribution in [-0.4, -0.2) is 33.0 Å². The van der Waals surface area contributed by atoms with Gasteiger partial charge in [0, 0.05) is 28.8 Å². The Labute approximate surface area is 168 Å². The maximum absolute atomic E-state index is 6.14. The third-order valence-corrected chi connectivity index (χ3v) is 6.13. The molecule has 28 heavy (non-hydrogen) atoms. The predicted molar refractivity (Wildman–Crippen MR) is 110 cm³/mol. The Morgan fingerprint density at radius 1 is 0.857 bits per heavy atom. The Bertz CT molecular complexity index is 1100. The van der Waals surface area contributed by atoms with Gasteiger partial charge in [0.05, 0.1) is 25.1 Å². The minimum atomic E-state index is 0.0346. The maximum atomic E-state index is 6.14. The first kappa shape index (κ1) is 17.3. The van der Waals surface area contributed by atoms with Gasteiger partial charge < -0.3 is 10.3 Å². The van der Waals surface area contributed by atoms with E-state index < -0.39 is 0 Å². The molecule has 6 heteroatoms. The molecule has 0 amide bonds. The van der Waals surface area contributed by atoms with Crippen molar-refractivity contribution in [1.29, 1.82) is 0 Å². The molecule has 5 rings (SSSR count). The van der Waals surface area contributed by atoms with Gasteiger partial charge in [-0.3, -0.25) is 0 Å². The van der Waals surface area contributed by atoms with E-state index in [2.05, 4.69) is 61.7 Å². The van der Waals surface area contributed by atoms with Crippen molar-refractivity contribution in [1.82, 2.24) is 19.9 Å². The molecule has 0 atom stereocenters.